The zero-order valence-corrected chi connectivity index (χ0v) is 14.9. The topological polar surface area (TPSA) is 67.0 Å². The molecule has 2 heterocycles. The standard InChI is InChI=1S/C17H23N3O2S/c1-9-13(16(21)22-4)10(2)18-14(9)15-11(3)23-17(20-15)19-12-7-5-6-8-12/h12,18H,5-8H2,1-4H3,(H,19,20). The van der Waals surface area contributed by atoms with Gasteiger partial charge in [-0.15, -0.1) is 11.3 Å². The monoisotopic (exact) mass is 333 g/mol. The number of methoxy groups -OCH3 is 1. The van der Waals surface area contributed by atoms with Crippen LogP contribution in [0.5, 0.6) is 0 Å². The second kappa shape index (κ2) is 6.35. The number of aryl methyl sites for hydroxylation is 2. The SMILES string of the molecule is COC(=O)c1c(C)[nH]c(-c2nc(NC3CCCC3)sc2C)c1C. The fourth-order valence-corrected chi connectivity index (χ4v) is 4.23. The predicted octanol–water partition coefficient (Wildman–Crippen LogP) is 4.20. The summed E-state index contributed by atoms with van der Waals surface area (Å²) in [5.74, 6) is -0.306. The molecule has 124 valence electrons. The minimum atomic E-state index is -0.306. The lowest BCUT2D eigenvalue weighted by Gasteiger charge is -2.09. The summed E-state index contributed by atoms with van der Waals surface area (Å²) in [5, 5.41) is 4.52. The maximum Gasteiger partial charge on any atom is 0.339 e. The average molecular weight is 333 g/mol. The van der Waals surface area contributed by atoms with Gasteiger partial charge in [0.1, 0.15) is 5.69 Å². The summed E-state index contributed by atoms with van der Waals surface area (Å²) in [7, 11) is 1.41. The van der Waals surface area contributed by atoms with Crippen molar-refractivity contribution in [2.24, 2.45) is 0 Å². The third kappa shape index (κ3) is 3.00. The number of carbonyl (C=O) groups is 1. The van der Waals surface area contributed by atoms with Crippen molar-refractivity contribution in [2.45, 2.75) is 52.5 Å². The molecule has 0 atom stereocenters. The van der Waals surface area contributed by atoms with E-state index < -0.39 is 0 Å². The summed E-state index contributed by atoms with van der Waals surface area (Å²) < 4.78 is 4.88. The van der Waals surface area contributed by atoms with E-state index in [0.717, 1.165) is 32.7 Å². The molecule has 1 saturated carbocycles. The lowest BCUT2D eigenvalue weighted by Crippen LogP contribution is -2.14. The van der Waals surface area contributed by atoms with E-state index in [1.54, 1.807) is 11.3 Å². The van der Waals surface area contributed by atoms with E-state index >= 15 is 0 Å². The summed E-state index contributed by atoms with van der Waals surface area (Å²) in [6, 6.07) is 0.547. The molecule has 1 aliphatic carbocycles. The van der Waals surface area contributed by atoms with Gasteiger partial charge in [0.15, 0.2) is 5.13 Å². The quantitative estimate of drug-likeness (QED) is 0.823. The molecule has 2 aromatic rings. The summed E-state index contributed by atoms with van der Waals surface area (Å²) in [6.07, 6.45) is 5.04. The highest BCUT2D eigenvalue weighted by Crippen LogP contribution is 2.35. The van der Waals surface area contributed by atoms with Crippen molar-refractivity contribution < 1.29 is 9.53 Å². The minimum Gasteiger partial charge on any atom is -0.465 e. The second-order valence-corrected chi connectivity index (χ2v) is 7.37. The molecule has 1 fully saturated rings. The molecule has 2 aromatic heterocycles. The lowest BCUT2D eigenvalue weighted by atomic mass is 10.1. The van der Waals surface area contributed by atoms with Crippen molar-refractivity contribution in [3.05, 3.63) is 21.7 Å². The highest BCUT2D eigenvalue weighted by atomic mass is 32.1. The molecule has 5 nitrogen and oxygen atoms in total. The molecular weight excluding hydrogens is 310 g/mol. The Morgan fingerprint density at radius 1 is 1.30 bits per heavy atom. The Labute approximate surface area is 140 Å². The van der Waals surface area contributed by atoms with Gasteiger partial charge in [-0.05, 0) is 39.2 Å². The number of rotatable bonds is 4. The molecule has 0 saturated heterocycles. The van der Waals surface area contributed by atoms with Crippen LogP contribution in [0.15, 0.2) is 0 Å². The molecule has 2 N–H and O–H groups in total. The normalized spacial score (nSPS) is 15.1. The van der Waals surface area contributed by atoms with Gasteiger partial charge in [0.05, 0.1) is 18.4 Å². The molecule has 0 aromatic carbocycles. The van der Waals surface area contributed by atoms with Crippen LogP contribution < -0.4 is 5.32 Å². The van der Waals surface area contributed by atoms with Gasteiger partial charge in [-0.2, -0.15) is 0 Å². The van der Waals surface area contributed by atoms with E-state index in [9.17, 15) is 4.79 Å². The molecule has 0 spiro atoms. The third-order valence-electron chi connectivity index (χ3n) is 4.54. The highest BCUT2D eigenvalue weighted by Gasteiger charge is 2.23. The second-order valence-electron chi connectivity index (χ2n) is 6.17. The van der Waals surface area contributed by atoms with Crippen molar-refractivity contribution in [1.82, 2.24) is 9.97 Å². The number of H-pyrrole nitrogens is 1. The molecule has 0 amide bonds. The number of esters is 1. The average Bonchev–Trinajstić information content (AvgIpc) is 3.20. The van der Waals surface area contributed by atoms with Gasteiger partial charge in [0, 0.05) is 16.6 Å². The summed E-state index contributed by atoms with van der Waals surface area (Å²) >= 11 is 1.68. The number of carbonyl (C=O) groups excluding carboxylic acids is 1. The van der Waals surface area contributed by atoms with E-state index in [-0.39, 0.29) is 5.97 Å². The van der Waals surface area contributed by atoms with Crippen LogP contribution in [0.3, 0.4) is 0 Å². The maximum atomic E-state index is 11.9. The van der Waals surface area contributed by atoms with Crippen molar-refractivity contribution in [3.63, 3.8) is 0 Å². The Kier molecular flexibility index (Phi) is 4.43. The molecule has 0 bridgehead atoms. The number of thiazole rings is 1. The van der Waals surface area contributed by atoms with Crippen LogP contribution in [0.25, 0.3) is 11.4 Å². The zero-order valence-electron chi connectivity index (χ0n) is 14.1. The van der Waals surface area contributed by atoms with E-state index in [1.165, 1.54) is 32.8 Å². The Bertz CT molecular complexity index is 727. The first-order valence-electron chi connectivity index (χ1n) is 8.03. The van der Waals surface area contributed by atoms with E-state index in [1.807, 2.05) is 13.8 Å². The van der Waals surface area contributed by atoms with Gasteiger partial charge >= 0.3 is 5.97 Å². The summed E-state index contributed by atoms with van der Waals surface area (Å²) in [5.41, 5.74) is 4.17. The number of nitrogens with zero attached hydrogens (tertiary/aromatic N) is 1. The first kappa shape index (κ1) is 16.1. The molecule has 0 aliphatic heterocycles. The van der Waals surface area contributed by atoms with Crippen molar-refractivity contribution >= 4 is 22.4 Å². The van der Waals surface area contributed by atoms with Crippen LogP contribution in [0.1, 0.15) is 52.2 Å². The highest BCUT2D eigenvalue weighted by molar-refractivity contribution is 7.16. The largest absolute Gasteiger partial charge is 0.465 e. The molecular formula is C17H23N3O2S. The fraction of sp³-hybridized carbons (Fsp3) is 0.529. The number of hydrogen-bond donors (Lipinski definition) is 2. The van der Waals surface area contributed by atoms with Crippen LogP contribution in [0.2, 0.25) is 0 Å². The summed E-state index contributed by atoms with van der Waals surface area (Å²) in [4.78, 5) is 21.2. The Balaban J connectivity index is 1.92. The van der Waals surface area contributed by atoms with Crippen LogP contribution in [0.4, 0.5) is 5.13 Å². The smallest absolute Gasteiger partial charge is 0.339 e. The van der Waals surface area contributed by atoms with Gasteiger partial charge in [-0.3, -0.25) is 0 Å². The number of hydrogen-bond acceptors (Lipinski definition) is 5. The lowest BCUT2D eigenvalue weighted by molar-refractivity contribution is 0.0599. The molecule has 23 heavy (non-hydrogen) atoms. The zero-order chi connectivity index (χ0) is 16.6. The van der Waals surface area contributed by atoms with E-state index in [4.69, 9.17) is 9.72 Å². The van der Waals surface area contributed by atoms with Crippen LogP contribution >= 0.6 is 11.3 Å². The fourth-order valence-electron chi connectivity index (χ4n) is 3.33. The summed E-state index contributed by atoms with van der Waals surface area (Å²) in [6.45, 7) is 5.90. The number of aromatic amines is 1. The number of anilines is 1. The number of aromatic nitrogens is 2. The van der Waals surface area contributed by atoms with Crippen LogP contribution in [-0.4, -0.2) is 29.1 Å². The van der Waals surface area contributed by atoms with Crippen molar-refractivity contribution in [2.75, 3.05) is 12.4 Å². The van der Waals surface area contributed by atoms with E-state index in [2.05, 4.69) is 17.2 Å². The predicted molar refractivity (Wildman–Crippen MR) is 93.3 cm³/mol. The van der Waals surface area contributed by atoms with E-state index in [0.29, 0.717) is 11.6 Å². The molecule has 1 aliphatic rings. The van der Waals surface area contributed by atoms with Crippen LogP contribution in [0, 0.1) is 20.8 Å². The van der Waals surface area contributed by atoms with Crippen LogP contribution in [-0.2, 0) is 4.74 Å². The number of nitrogens with one attached hydrogen (secondary N) is 2. The first-order valence-corrected chi connectivity index (χ1v) is 8.84. The molecule has 0 radical (unpaired) electrons. The molecule has 6 heteroatoms. The van der Waals surface area contributed by atoms with Gasteiger partial charge in [-0.1, -0.05) is 12.8 Å². The Morgan fingerprint density at radius 2 is 2.00 bits per heavy atom. The molecule has 3 rings (SSSR count). The Morgan fingerprint density at radius 3 is 2.65 bits per heavy atom. The minimum absolute atomic E-state index is 0.306. The van der Waals surface area contributed by atoms with Crippen molar-refractivity contribution in [3.8, 4) is 11.4 Å². The van der Waals surface area contributed by atoms with Gasteiger partial charge < -0.3 is 15.0 Å². The number of ether oxygens (including phenoxy) is 1. The third-order valence-corrected chi connectivity index (χ3v) is 5.45. The van der Waals surface area contributed by atoms with Gasteiger partial charge in [0.25, 0.3) is 0 Å². The van der Waals surface area contributed by atoms with Gasteiger partial charge in [0.2, 0.25) is 0 Å². The maximum absolute atomic E-state index is 11.9. The molecule has 0 unspecified atom stereocenters. The first-order chi connectivity index (χ1) is 11.0. The van der Waals surface area contributed by atoms with Crippen molar-refractivity contribution in [1.29, 1.82) is 0 Å². The Hall–Kier alpha value is -1.82. The van der Waals surface area contributed by atoms with Gasteiger partial charge in [-0.25, -0.2) is 9.78 Å².